The topological polar surface area (TPSA) is 41.1 Å². The number of anilines is 1. The molecule has 0 saturated heterocycles. The summed E-state index contributed by atoms with van der Waals surface area (Å²) in [4.78, 5) is 12.9. The van der Waals surface area contributed by atoms with Crippen molar-refractivity contribution in [3.63, 3.8) is 0 Å². The van der Waals surface area contributed by atoms with Gasteiger partial charge in [0.1, 0.15) is 0 Å². The third kappa shape index (κ3) is 4.95. The molecule has 1 aromatic heterocycles. The number of amides is 1. The molecule has 0 fully saturated rings. The summed E-state index contributed by atoms with van der Waals surface area (Å²) in [5.74, 6) is -0.0713. The predicted molar refractivity (Wildman–Crippen MR) is 83.8 cm³/mol. The van der Waals surface area contributed by atoms with E-state index >= 15 is 0 Å². The minimum Gasteiger partial charge on any atom is -0.325 e. The Balaban J connectivity index is 1.74. The van der Waals surface area contributed by atoms with Crippen LogP contribution in [0.25, 0.3) is 0 Å². The Labute approximate surface area is 129 Å². The van der Waals surface area contributed by atoms with Crippen LogP contribution in [0.4, 0.5) is 5.69 Å². The van der Waals surface area contributed by atoms with Gasteiger partial charge >= 0.3 is 0 Å². The van der Waals surface area contributed by atoms with Crippen LogP contribution in [0.3, 0.4) is 0 Å². The molecule has 2 aromatic rings. The maximum Gasteiger partial charge on any atom is 0.238 e. The van der Waals surface area contributed by atoms with E-state index in [9.17, 15) is 4.79 Å². The molecule has 100 valence electrons. The molecule has 0 radical (unpaired) electrons. The van der Waals surface area contributed by atoms with Crippen molar-refractivity contribution >= 4 is 50.5 Å². The molecule has 0 aliphatic carbocycles. The van der Waals surface area contributed by atoms with Crippen molar-refractivity contribution in [1.29, 1.82) is 0 Å². The molecule has 2 rings (SSSR count). The molecule has 2 N–H and O–H groups in total. The van der Waals surface area contributed by atoms with Gasteiger partial charge < -0.3 is 10.6 Å². The van der Waals surface area contributed by atoms with E-state index in [1.807, 2.05) is 12.1 Å². The van der Waals surface area contributed by atoms with E-state index in [-0.39, 0.29) is 12.5 Å². The first-order valence-corrected chi connectivity index (χ1v) is 7.62. The lowest BCUT2D eigenvalue weighted by molar-refractivity contribution is -0.115. The van der Waals surface area contributed by atoms with Crippen LogP contribution in [-0.4, -0.2) is 12.5 Å². The summed E-state index contributed by atoms with van der Waals surface area (Å²) >= 11 is 10.8. The summed E-state index contributed by atoms with van der Waals surface area (Å²) in [6, 6.07) is 11.1. The van der Waals surface area contributed by atoms with Crippen molar-refractivity contribution in [2.45, 2.75) is 6.54 Å². The minimum atomic E-state index is -0.0713. The molecule has 19 heavy (non-hydrogen) atoms. The van der Waals surface area contributed by atoms with Crippen molar-refractivity contribution < 1.29 is 4.79 Å². The van der Waals surface area contributed by atoms with Gasteiger partial charge in [-0.25, -0.2) is 0 Å². The Morgan fingerprint density at radius 2 is 1.95 bits per heavy atom. The first kappa shape index (κ1) is 14.5. The zero-order valence-electron chi connectivity index (χ0n) is 9.95. The number of carbonyl (C=O) groups excluding carboxylic acids is 1. The van der Waals surface area contributed by atoms with Gasteiger partial charge in [0.2, 0.25) is 5.91 Å². The second kappa shape index (κ2) is 7.05. The van der Waals surface area contributed by atoms with Crippen LogP contribution in [0.15, 0.2) is 40.2 Å². The van der Waals surface area contributed by atoms with Crippen LogP contribution >= 0.6 is 38.9 Å². The van der Waals surface area contributed by atoms with Gasteiger partial charge in [-0.1, -0.05) is 11.6 Å². The Kier molecular flexibility index (Phi) is 5.39. The molecule has 1 amide bonds. The second-order valence-corrected chi connectivity index (χ2v) is 6.85. The van der Waals surface area contributed by atoms with Gasteiger partial charge in [-0.05, 0) is 52.3 Å². The molecule has 3 nitrogen and oxygen atoms in total. The van der Waals surface area contributed by atoms with E-state index in [2.05, 4.69) is 26.6 Å². The fourth-order valence-electron chi connectivity index (χ4n) is 1.48. The summed E-state index contributed by atoms with van der Waals surface area (Å²) in [6.07, 6.45) is 0. The number of carbonyl (C=O) groups is 1. The maximum atomic E-state index is 11.7. The van der Waals surface area contributed by atoms with Crippen LogP contribution in [0.2, 0.25) is 5.02 Å². The van der Waals surface area contributed by atoms with E-state index in [0.717, 1.165) is 9.47 Å². The fraction of sp³-hybridized carbons (Fsp3) is 0.154. The fourth-order valence-corrected chi connectivity index (χ4v) is 3.06. The third-order valence-corrected chi connectivity index (χ3v) is 4.22. The molecular formula is C13H12BrClN2OS. The van der Waals surface area contributed by atoms with Crippen LogP contribution in [0.1, 0.15) is 4.88 Å². The van der Waals surface area contributed by atoms with Crippen LogP contribution in [0.5, 0.6) is 0 Å². The van der Waals surface area contributed by atoms with Crippen LogP contribution in [-0.2, 0) is 11.3 Å². The Hall–Kier alpha value is -0.880. The summed E-state index contributed by atoms with van der Waals surface area (Å²) in [6.45, 7) is 0.961. The maximum absolute atomic E-state index is 11.7. The van der Waals surface area contributed by atoms with E-state index in [1.165, 1.54) is 4.88 Å². The number of thiophene rings is 1. The van der Waals surface area contributed by atoms with E-state index < -0.39 is 0 Å². The molecule has 0 spiro atoms. The first-order valence-electron chi connectivity index (χ1n) is 5.64. The van der Waals surface area contributed by atoms with Gasteiger partial charge in [0.25, 0.3) is 0 Å². The van der Waals surface area contributed by atoms with Gasteiger partial charge in [0.15, 0.2) is 0 Å². The zero-order valence-corrected chi connectivity index (χ0v) is 13.1. The monoisotopic (exact) mass is 358 g/mol. The number of halogens is 2. The number of nitrogens with one attached hydrogen (secondary N) is 2. The lowest BCUT2D eigenvalue weighted by Gasteiger charge is -2.06. The predicted octanol–water partition coefficient (Wildman–Crippen LogP) is 3.89. The van der Waals surface area contributed by atoms with Gasteiger partial charge in [0, 0.05) is 22.1 Å². The lowest BCUT2D eigenvalue weighted by Crippen LogP contribution is -2.27. The molecule has 1 aromatic carbocycles. The highest BCUT2D eigenvalue weighted by atomic mass is 79.9. The Morgan fingerprint density at radius 3 is 2.58 bits per heavy atom. The van der Waals surface area contributed by atoms with Gasteiger partial charge in [0.05, 0.1) is 10.3 Å². The third-order valence-electron chi connectivity index (χ3n) is 2.34. The normalized spacial score (nSPS) is 10.4. The molecule has 0 bridgehead atoms. The minimum absolute atomic E-state index is 0.0713. The Bertz CT molecular complexity index is 556. The average Bonchev–Trinajstić information content (AvgIpc) is 2.78. The van der Waals surface area contributed by atoms with Gasteiger partial charge in [-0.2, -0.15) is 0 Å². The average molecular weight is 360 g/mol. The molecule has 0 unspecified atom stereocenters. The number of rotatable bonds is 5. The summed E-state index contributed by atoms with van der Waals surface area (Å²) in [5.41, 5.74) is 0.745. The molecule has 1 heterocycles. The van der Waals surface area contributed by atoms with Crippen LogP contribution in [0, 0.1) is 0 Å². The molecule has 0 saturated carbocycles. The largest absolute Gasteiger partial charge is 0.325 e. The molecule has 0 aliphatic rings. The SMILES string of the molecule is O=C(CNCc1ccc(Br)s1)Nc1ccc(Cl)cc1. The smallest absolute Gasteiger partial charge is 0.238 e. The van der Waals surface area contributed by atoms with Crippen molar-refractivity contribution in [3.8, 4) is 0 Å². The van der Waals surface area contributed by atoms with Crippen molar-refractivity contribution in [2.75, 3.05) is 11.9 Å². The second-order valence-electron chi connectivity index (χ2n) is 3.86. The van der Waals surface area contributed by atoms with E-state index in [1.54, 1.807) is 35.6 Å². The molecule has 6 heteroatoms. The molecule has 0 atom stereocenters. The van der Waals surface area contributed by atoms with Gasteiger partial charge in [-0.3, -0.25) is 4.79 Å². The standard InChI is InChI=1S/C13H12BrClN2OS/c14-12-6-5-11(19-12)7-16-8-13(18)17-10-3-1-9(15)2-4-10/h1-6,16H,7-8H2,(H,17,18). The highest BCUT2D eigenvalue weighted by molar-refractivity contribution is 9.11. The summed E-state index contributed by atoms with van der Waals surface area (Å²) in [5, 5.41) is 6.54. The van der Waals surface area contributed by atoms with E-state index in [4.69, 9.17) is 11.6 Å². The number of benzene rings is 1. The molecule has 0 aliphatic heterocycles. The van der Waals surface area contributed by atoms with E-state index in [0.29, 0.717) is 11.6 Å². The summed E-state index contributed by atoms with van der Waals surface area (Å²) < 4.78 is 1.09. The lowest BCUT2D eigenvalue weighted by atomic mass is 10.3. The highest BCUT2D eigenvalue weighted by Crippen LogP contribution is 2.21. The molecular weight excluding hydrogens is 348 g/mol. The quantitative estimate of drug-likeness (QED) is 0.850. The highest BCUT2D eigenvalue weighted by Gasteiger charge is 2.03. The summed E-state index contributed by atoms with van der Waals surface area (Å²) in [7, 11) is 0. The first-order chi connectivity index (χ1) is 9.13. The zero-order chi connectivity index (χ0) is 13.7. The van der Waals surface area contributed by atoms with Crippen molar-refractivity contribution in [2.24, 2.45) is 0 Å². The number of hydrogen-bond acceptors (Lipinski definition) is 3. The van der Waals surface area contributed by atoms with Crippen molar-refractivity contribution in [1.82, 2.24) is 5.32 Å². The van der Waals surface area contributed by atoms with Crippen molar-refractivity contribution in [3.05, 3.63) is 50.1 Å². The Morgan fingerprint density at radius 1 is 1.21 bits per heavy atom. The van der Waals surface area contributed by atoms with Crippen LogP contribution < -0.4 is 10.6 Å². The number of hydrogen-bond donors (Lipinski definition) is 2. The van der Waals surface area contributed by atoms with Gasteiger partial charge in [-0.15, -0.1) is 11.3 Å².